The Bertz CT molecular complexity index is 570. The fourth-order valence-electron chi connectivity index (χ4n) is 2.98. The van der Waals surface area contributed by atoms with Crippen LogP contribution in [0, 0.1) is 0 Å². The number of hydrogen-bond donors (Lipinski definition) is 2. The van der Waals surface area contributed by atoms with Crippen molar-refractivity contribution < 1.29 is 14.7 Å². The topological polar surface area (TPSA) is 82.5 Å². The number of rotatable bonds is 4. The summed E-state index contributed by atoms with van der Waals surface area (Å²) in [5, 5.41) is 14.8. The lowest BCUT2D eigenvalue weighted by Gasteiger charge is -2.33. The number of likely N-dealkylation sites (tertiary alicyclic amines) is 1. The van der Waals surface area contributed by atoms with Gasteiger partial charge in [-0.3, -0.25) is 5.32 Å². The maximum Gasteiger partial charge on any atom is 0.329 e. The molecule has 2 heterocycles. The Balaban J connectivity index is 1.72. The molecule has 114 valence electrons. The predicted molar refractivity (Wildman–Crippen MR) is 79.7 cm³/mol. The van der Waals surface area contributed by atoms with Gasteiger partial charge in [0.15, 0.2) is 5.13 Å². The number of thiazole rings is 1. The third-order valence-electron chi connectivity index (χ3n) is 4.45. The first-order valence-electron chi connectivity index (χ1n) is 7.34. The first-order chi connectivity index (χ1) is 10.1. The smallest absolute Gasteiger partial charge is 0.329 e. The molecule has 0 bridgehead atoms. The van der Waals surface area contributed by atoms with Crippen molar-refractivity contribution >= 4 is 28.5 Å². The molecule has 3 rings (SSSR count). The number of carbonyl (C=O) groups is 2. The second kappa shape index (κ2) is 5.29. The van der Waals surface area contributed by atoms with Gasteiger partial charge >= 0.3 is 12.0 Å². The van der Waals surface area contributed by atoms with E-state index >= 15 is 0 Å². The lowest BCUT2D eigenvalue weighted by molar-refractivity contribution is -0.148. The van der Waals surface area contributed by atoms with E-state index in [1.54, 1.807) is 0 Å². The van der Waals surface area contributed by atoms with Crippen molar-refractivity contribution in [2.24, 2.45) is 0 Å². The van der Waals surface area contributed by atoms with Crippen LogP contribution in [0.4, 0.5) is 9.93 Å². The number of urea groups is 1. The predicted octanol–water partition coefficient (Wildman–Crippen LogP) is 2.88. The van der Waals surface area contributed by atoms with Crippen LogP contribution in [0.1, 0.15) is 50.6 Å². The van der Waals surface area contributed by atoms with Crippen molar-refractivity contribution in [3.05, 3.63) is 11.1 Å². The quantitative estimate of drug-likeness (QED) is 0.896. The van der Waals surface area contributed by atoms with Crippen molar-refractivity contribution in [3.63, 3.8) is 0 Å². The summed E-state index contributed by atoms with van der Waals surface area (Å²) in [6.45, 7) is 2.29. The zero-order valence-corrected chi connectivity index (χ0v) is 12.8. The van der Waals surface area contributed by atoms with Gasteiger partial charge in [-0.1, -0.05) is 6.92 Å². The molecule has 2 fully saturated rings. The Kier molecular flexibility index (Phi) is 3.61. The van der Waals surface area contributed by atoms with E-state index in [1.165, 1.54) is 29.1 Å². The van der Waals surface area contributed by atoms with E-state index < -0.39 is 11.5 Å². The summed E-state index contributed by atoms with van der Waals surface area (Å²) in [5.74, 6) is -0.372. The van der Waals surface area contributed by atoms with Crippen LogP contribution in [0.3, 0.4) is 0 Å². The summed E-state index contributed by atoms with van der Waals surface area (Å²) < 4.78 is 0. The molecule has 1 aromatic rings. The number of aromatic nitrogens is 1. The maximum atomic E-state index is 12.4. The highest BCUT2D eigenvalue weighted by atomic mass is 32.1. The van der Waals surface area contributed by atoms with Crippen LogP contribution in [-0.4, -0.2) is 39.1 Å². The van der Waals surface area contributed by atoms with Gasteiger partial charge in [0.1, 0.15) is 5.54 Å². The van der Waals surface area contributed by atoms with Gasteiger partial charge < -0.3 is 10.0 Å². The average molecular weight is 309 g/mol. The van der Waals surface area contributed by atoms with Crippen molar-refractivity contribution in [1.29, 1.82) is 0 Å². The summed E-state index contributed by atoms with van der Waals surface area (Å²) in [5.41, 5.74) is -0.0302. The number of carboxylic acids is 1. The summed E-state index contributed by atoms with van der Waals surface area (Å²) in [4.78, 5) is 29.9. The van der Waals surface area contributed by atoms with E-state index in [4.69, 9.17) is 0 Å². The molecule has 6 nitrogen and oxygen atoms in total. The molecule has 0 aromatic carbocycles. The van der Waals surface area contributed by atoms with Gasteiger partial charge in [-0.15, -0.1) is 11.3 Å². The molecular weight excluding hydrogens is 290 g/mol. The Morgan fingerprint density at radius 2 is 2.33 bits per heavy atom. The molecule has 1 aliphatic carbocycles. The minimum atomic E-state index is -1.07. The average Bonchev–Trinajstić information content (AvgIpc) is 3.04. The fraction of sp³-hybridized carbons (Fsp3) is 0.643. The lowest BCUT2D eigenvalue weighted by Crippen LogP contribution is -2.54. The van der Waals surface area contributed by atoms with Crippen molar-refractivity contribution in [3.8, 4) is 0 Å². The number of aliphatic carboxylic acids is 1. The second-order valence-corrected chi connectivity index (χ2v) is 6.59. The van der Waals surface area contributed by atoms with Crippen LogP contribution in [0.5, 0.6) is 0 Å². The van der Waals surface area contributed by atoms with Gasteiger partial charge in [-0.25, -0.2) is 14.6 Å². The van der Waals surface area contributed by atoms with Crippen LogP contribution in [0.15, 0.2) is 5.38 Å². The first-order valence-corrected chi connectivity index (χ1v) is 8.22. The number of carboxylic acid groups (broad SMARTS) is 1. The summed E-state index contributed by atoms with van der Waals surface area (Å²) in [6.07, 6.45) is 3.99. The summed E-state index contributed by atoms with van der Waals surface area (Å²) >= 11 is 1.40. The van der Waals surface area contributed by atoms with Crippen LogP contribution in [-0.2, 0) is 4.79 Å². The van der Waals surface area contributed by atoms with Gasteiger partial charge in [0.05, 0.1) is 5.69 Å². The second-order valence-electron chi connectivity index (χ2n) is 5.73. The molecule has 1 saturated heterocycles. The molecule has 1 saturated carbocycles. The normalized spacial score (nSPS) is 25.1. The number of amides is 2. The van der Waals surface area contributed by atoms with Crippen LogP contribution in [0.2, 0.25) is 0 Å². The molecule has 1 aliphatic heterocycles. The van der Waals surface area contributed by atoms with Crippen molar-refractivity contribution in [2.75, 3.05) is 11.9 Å². The fourth-order valence-corrected chi connectivity index (χ4v) is 3.77. The monoisotopic (exact) mass is 309 g/mol. The first kappa shape index (κ1) is 14.3. The zero-order chi connectivity index (χ0) is 15.0. The highest BCUT2D eigenvalue weighted by Crippen LogP contribution is 2.41. The molecule has 1 unspecified atom stereocenters. The van der Waals surface area contributed by atoms with Gasteiger partial charge in [0.25, 0.3) is 0 Å². The molecule has 2 amide bonds. The Hall–Kier alpha value is -1.63. The zero-order valence-electron chi connectivity index (χ0n) is 12.0. The summed E-state index contributed by atoms with van der Waals surface area (Å²) in [6, 6.07) is -0.353. The maximum absolute atomic E-state index is 12.4. The van der Waals surface area contributed by atoms with E-state index in [0.717, 1.165) is 12.1 Å². The van der Waals surface area contributed by atoms with Crippen molar-refractivity contribution in [2.45, 2.75) is 50.5 Å². The molecule has 1 aromatic heterocycles. The molecule has 1 atom stereocenters. The summed E-state index contributed by atoms with van der Waals surface area (Å²) in [7, 11) is 0. The van der Waals surface area contributed by atoms with E-state index in [9.17, 15) is 14.7 Å². The molecule has 2 N–H and O–H groups in total. The van der Waals surface area contributed by atoms with Crippen molar-refractivity contribution in [1.82, 2.24) is 9.88 Å². The van der Waals surface area contributed by atoms with E-state index in [2.05, 4.69) is 10.3 Å². The third-order valence-corrected chi connectivity index (χ3v) is 5.22. The number of hydrogen-bond acceptors (Lipinski definition) is 4. The highest BCUT2D eigenvalue weighted by Gasteiger charge is 2.48. The SMILES string of the molecule is CCC1(C(=O)O)CCCN1C(=O)Nc1nc(C2CC2)cs1. The Morgan fingerprint density at radius 3 is 2.95 bits per heavy atom. The third kappa shape index (κ3) is 2.50. The largest absolute Gasteiger partial charge is 0.479 e. The van der Waals surface area contributed by atoms with Gasteiger partial charge in [-0.05, 0) is 32.1 Å². The number of nitrogens with zero attached hydrogens (tertiary/aromatic N) is 2. The van der Waals surface area contributed by atoms with Gasteiger partial charge in [0, 0.05) is 17.8 Å². The minimum Gasteiger partial charge on any atom is -0.479 e. The number of nitrogens with one attached hydrogen (secondary N) is 1. The minimum absolute atomic E-state index is 0.353. The van der Waals surface area contributed by atoms with E-state index in [0.29, 0.717) is 30.4 Å². The molecule has 7 heteroatoms. The molecule has 0 radical (unpaired) electrons. The molecule has 2 aliphatic rings. The Labute approximate surface area is 127 Å². The molecule has 21 heavy (non-hydrogen) atoms. The molecule has 0 spiro atoms. The number of carbonyl (C=O) groups excluding carboxylic acids is 1. The Morgan fingerprint density at radius 1 is 1.57 bits per heavy atom. The van der Waals surface area contributed by atoms with Gasteiger partial charge in [-0.2, -0.15) is 0 Å². The van der Waals surface area contributed by atoms with Crippen LogP contribution in [0.25, 0.3) is 0 Å². The van der Waals surface area contributed by atoms with Gasteiger partial charge in [0.2, 0.25) is 0 Å². The number of anilines is 1. The molecular formula is C14H19N3O3S. The van der Waals surface area contributed by atoms with E-state index in [-0.39, 0.29) is 6.03 Å². The highest BCUT2D eigenvalue weighted by molar-refractivity contribution is 7.13. The standard InChI is InChI=1S/C14H19N3O3S/c1-2-14(11(18)19)6-3-7-17(14)13(20)16-12-15-10(8-21-12)9-4-5-9/h8-9H,2-7H2,1H3,(H,18,19)(H,15,16,20). The van der Waals surface area contributed by atoms with Crippen LogP contribution >= 0.6 is 11.3 Å². The lowest BCUT2D eigenvalue weighted by atomic mass is 9.93. The van der Waals surface area contributed by atoms with E-state index in [1.807, 2.05) is 12.3 Å². The van der Waals surface area contributed by atoms with Crippen LogP contribution < -0.4 is 5.32 Å².